The van der Waals surface area contributed by atoms with Crippen molar-refractivity contribution in [2.75, 3.05) is 11.9 Å². The average molecular weight is 256 g/mol. The molecular formula is C12H14F2N2O2. The highest BCUT2D eigenvalue weighted by Gasteiger charge is 2.37. The third kappa shape index (κ3) is 2.75. The molecule has 2 rings (SSSR count). The Morgan fingerprint density at radius 3 is 2.67 bits per heavy atom. The SMILES string of the molecule is CC1(CNc2ccc([N+](=O)[O-])cc2C(F)F)CC1. The minimum atomic E-state index is -2.72. The van der Waals surface area contributed by atoms with Crippen LogP contribution in [0.5, 0.6) is 0 Å². The number of nitrogens with one attached hydrogen (secondary N) is 1. The van der Waals surface area contributed by atoms with E-state index >= 15 is 0 Å². The van der Waals surface area contributed by atoms with Crippen LogP contribution in [0, 0.1) is 15.5 Å². The van der Waals surface area contributed by atoms with Crippen LogP contribution in [0.1, 0.15) is 31.8 Å². The summed E-state index contributed by atoms with van der Waals surface area (Å²) in [4.78, 5) is 9.89. The molecule has 0 unspecified atom stereocenters. The van der Waals surface area contributed by atoms with Crippen molar-refractivity contribution in [2.45, 2.75) is 26.2 Å². The molecule has 1 aliphatic carbocycles. The smallest absolute Gasteiger partial charge is 0.270 e. The molecule has 18 heavy (non-hydrogen) atoms. The maximum Gasteiger partial charge on any atom is 0.270 e. The van der Waals surface area contributed by atoms with E-state index in [1.807, 2.05) is 0 Å². The van der Waals surface area contributed by atoms with Crippen molar-refractivity contribution in [1.82, 2.24) is 0 Å². The standard InChI is InChI=1S/C12H14F2N2O2/c1-12(4-5-12)7-15-10-3-2-8(16(17)18)6-9(10)11(13)14/h2-3,6,11,15H,4-5,7H2,1H3. The number of halogens is 2. The van der Waals surface area contributed by atoms with Gasteiger partial charge in [-0.25, -0.2) is 8.78 Å². The van der Waals surface area contributed by atoms with Crippen LogP contribution in [0.25, 0.3) is 0 Å². The second-order valence-corrected chi connectivity index (χ2v) is 4.99. The van der Waals surface area contributed by atoms with Crippen molar-refractivity contribution in [3.05, 3.63) is 33.9 Å². The van der Waals surface area contributed by atoms with E-state index < -0.39 is 11.3 Å². The van der Waals surface area contributed by atoms with E-state index in [9.17, 15) is 18.9 Å². The number of rotatable bonds is 5. The highest BCUT2D eigenvalue weighted by atomic mass is 19.3. The van der Waals surface area contributed by atoms with Crippen molar-refractivity contribution in [2.24, 2.45) is 5.41 Å². The maximum atomic E-state index is 12.8. The molecule has 1 aliphatic rings. The van der Waals surface area contributed by atoms with E-state index in [-0.39, 0.29) is 22.4 Å². The predicted octanol–water partition coefficient (Wildman–Crippen LogP) is 3.74. The van der Waals surface area contributed by atoms with Gasteiger partial charge in [-0.05, 0) is 24.3 Å². The lowest BCUT2D eigenvalue weighted by Crippen LogP contribution is -2.13. The summed E-state index contributed by atoms with van der Waals surface area (Å²) in [6.45, 7) is 2.69. The van der Waals surface area contributed by atoms with E-state index in [4.69, 9.17) is 0 Å². The van der Waals surface area contributed by atoms with Gasteiger partial charge in [-0.2, -0.15) is 0 Å². The van der Waals surface area contributed by atoms with Gasteiger partial charge in [0.2, 0.25) is 0 Å². The number of benzene rings is 1. The number of hydrogen-bond acceptors (Lipinski definition) is 3. The average Bonchev–Trinajstić information content (AvgIpc) is 3.05. The minimum absolute atomic E-state index is 0.182. The zero-order valence-corrected chi connectivity index (χ0v) is 9.95. The van der Waals surface area contributed by atoms with Gasteiger partial charge in [-0.3, -0.25) is 10.1 Å². The van der Waals surface area contributed by atoms with Gasteiger partial charge in [0.25, 0.3) is 12.1 Å². The fourth-order valence-corrected chi connectivity index (χ4v) is 1.70. The van der Waals surface area contributed by atoms with Gasteiger partial charge in [-0.15, -0.1) is 0 Å². The summed E-state index contributed by atoms with van der Waals surface area (Å²) < 4.78 is 25.7. The quantitative estimate of drug-likeness (QED) is 0.644. The molecule has 4 nitrogen and oxygen atoms in total. The number of non-ortho nitro benzene ring substituents is 1. The molecule has 6 heteroatoms. The van der Waals surface area contributed by atoms with E-state index in [0.29, 0.717) is 6.54 Å². The summed E-state index contributed by atoms with van der Waals surface area (Å²) >= 11 is 0. The first-order chi connectivity index (χ1) is 8.41. The molecule has 1 fully saturated rings. The first-order valence-electron chi connectivity index (χ1n) is 5.72. The summed E-state index contributed by atoms with van der Waals surface area (Å²) in [5, 5.41) is 13.5. The van der Waals surface area contributed by atoms with Gasteiger partial charge in [0.1, 0.15) is 0 Å². The fraction of sp³-hybridized carbons (Fsp3) is 0.500. The molecule has 0 atom stereocenters. The van der Waals surface area contributed by atoms with Crippen LogP contribution in [-0.4, -0.2) is 11.5 Å². The molecule has 0 spiro atoms. The molecule has 0 aromatic heterocycles. The Kier molecular flexibility index (Phi) is 3.19. The van der Waals surface area contributed by atoms with Crippen molar-refractivity contribution >= 4 is 11.4 Å². The number of alkyl halides is 2. The van der Waals surface area contributed by atoms with Gasteiger partial charge in [0.15, 0.2) is 0 Å². The fourth-order valence-electron chi connectivity index (χ4n) is 1.70. The van der Waals surface area contributed by atoms with Gasteiger partial charge in [0.05, 0.1) is 4.92 Å². The molecule has 98 valence electrons. The zero-order valence-electron chi connectivity index (χ0n) is 9.95. The second kappa shape index (κ2) is 4.51. The lowest BCUT2D eigenvalue weighted by atomic mass is 10.1. The molecular weight excluding hydrogens is 242 g/mol. The molecule has 1 saturated carbocycles. The number of hydrogen-bond donors (Lipinski definition) is 1. The Morgan fingerprint density at radius 2 is 2.17 bits per heavy atom. The normalized spacial score (nSPS) is 16.7. The van der Waals surface area contributed by atoms with Gasteiger partial charge in [0, 0.05) is 29.9 Å². The molecule has 1 aromatic rings. The molecule has 0 heterocycles. The Bertz CT molecular complexity index is 473. The van der Waals surface area contributed by atoms with Crippen LogP contribution >= 0.6 is 0 Å². The lowest BCUT2D eigenvalue weighted by molar-refractivity contribution is -0.385. The third-order valence-electron chi connectivity index (χ3n) is 3.29. The third-order valence-corrected chi connectivity index (χ3v) is 3.29. The Hall–Kier alpha value is -1.72. The monoisotopic (exact) mass is 256 g/mol. The Balaban J connectivity index is 2.20. The number of anilines is 1. The molecule has 0 aliphatic heterocycles. The molecule has 1 aromatic carbocycles. The minimum Gasteiger partial charge on any atom is -0.384 e. The lowest BCUT2D eigenvalue weighted by Gasteiger charge is -2.14. The Labute approximate surface area is 103 Å². The molecule has 0 saturated heterocycles. The first kappa shape index (κ1) is 12.7. The summed E-state index contributed by atoms with van der Waals surface area (Å²) in [6.07, 6.45) is -0.562. The van der Waals surface area contributed by atoms with Crippen LogP contribution < -0.4 is 5.32 Å². The van der Waals surface area contributed by atoms with Crippen LogP contribution in [0.2, 0.25) is 0 Å². The zero-order chi connectivity index (χ0) is 13.3. The van der Waals surface area contributed by atoms with Crippen LogP contribution in [0.4, 0.5) is 20.2 Å². The predicted molar refractivity (Wildman–Crippen MR) is 63.9 cm³/mol. The van der Waals surface area contributed by atoms with Crippen molar-refractivity contribution in [3.63, 3.8) is 0 Å². The van der Waals surface area contributed by atoms with Crippen molar-refractivity contribution in [1.29, 1.82) is 0 Å². The van der Waals surface area contributed by atoms with Gasteiger partial charge < -0.3 is 5.32 Å². The number of nitro benzene ring substituents is 1. The van der Waals surface area contributed by atoms with Crippen LogP contribution in [-0.2, 0) is 0 Å². The van der Waals surface area contributed by atoms with E-state index in [2.05, 4.69) is 12.2 Å². The van der Waals surface area contributed by atoms with Crippen LogP contribution in [0.3, 0.4) is 0 Å². The molecule has 0 radical (unpaired) electrons. The Morgan fingerprint density at radius 1 is 1.50 bits per heavy atom. The summed E-state index contributed by atoms with van der Waals surface area (Å²) in [6, 6.07) is 3.52. The van der Waals surface area contributed by atoms with Crippen molar-refractivity contribution in [3.8, 4) is 0 Å². The first-order valence-corrected chi connectivity index (χ1v) is 5.72. The van der Waals surface area contributed by atoms with E-state index in [0.717, 1.165) is 18.9 Å². The molecule has 0 amide bonds. The molecule has 1 N–H and O–H groups in total. The second-order valence-electron chi connectivity index (χ2n) is 4.99. The largest absolute Gasteiger partial charge is 0.384 e. The van der Waals surface area contributed by atoms with E-state index in [1.165, 1.54) is 12.1 Å². The maximum absolute atomic E-state index is 12.8. The summed E-state index contributed by atoms with van der Waals surface area (Å²) in [5.74, 6) is 0. The molecule has 0 bridgehead atoms. The van der Waals surface area contributed by atoms with Crippen molar-refractivity contribution < 1.29 is 13.7 Å². The topological polar surface area (TPSA) is 55.2 Å². The van der Waals surface area contributed by atoms with Gasteiger partial charge >= 0.3 is 0 Å². The van der Waals surface area contributed by atoms with Gasteiger partial charge in [-0.1, -0.05) is 6.92 Å². The number of nitrogens with zero attached hydrogens (tertiary/aromatic N) is 1. The highest BCUT2D eigenvalue weighted by Crippen LogP contribution is 2.45. The summed E-state index contributed by atoms with van der Waals surface area (Å²) in [7, 11) is 0. The van der Waals surface area contributed by atoms with E-state index in [1.54, 1.807) is 0 Å². The number of nitro groups is 1. The van der Waals surface area contributed by atoms with Crippen LogP contribution in [0.15, 0.2) is 18.2 Å². The summed E-state index contributed by atoms with van der Waals surface area (Å²) in [5.41, 5.74) is -0.160. The highest BCUT2D eigenvalue weighted by molar-refractivity contribution is 5.56.